The first-order valence-corrected chi connectivity index (χ1v) is 9.02. The zero-order valence-electron chi connectivity index (χ0n) is 15.5. The second-order valence-corrected chi connectivity index (χ2v) is 6.32. The average Bonchev–Trinajstić information content (AvgIpc) is 2.64. The van der Waals surface area contributed by atoms with Gasteiger partial charge in [0, 0.05) is 39.0 Å². The fourth-order valence-electron chi connectivity index (χ4n) is 3.09. The highest BCUT2D eigenvalue weighted by molar-refractivity contribution is 5.89. The van der Waals surface area contributed by atoms with Crippen molar-refractivity contribution in [3.05, 3.63) is 29.8 Å². The van der Waals surface area contributed by atoms with Crippen LogP contribution in [0.15, 0.2) is 24.3 Å². The van der Waals surface area contributed by atoms with Crippen LogP contribution in [0.2, 0.25) is 0 Å². The van der Waals surface area contributed by atoms with Gasteiger partial charge >= 0.3 is 6.03 Å². The maximum Gasteiger partial charge on any atom is 0.321 e. The van der Waals surface area contributed by atoms with Crippen molar-refractivity contribution in [3.63, 3.8) is 0 Å². The molecule has 1 aliphatic heterocycles. The number of methoxy groups -OCH3 is 1. The number of hydrogen-bond donors (Lipinski definition) is 1. The van der Waals surface area contributed by atoms with Gasteiger partial charge in [0.05, 0.1) is 12.5 Å². The van der Waals surface area contributed by atoms with Gasteiger partial charge in [-0.05, 0) is 44.4 Å². The fourth-order valence-corrected chi connectivity index (χ4v) is 3.09. The van der Waals surface area contributed by atoms with Crippen molar-refractivity contribution in [1.82, 2.24) is 9.80 Å². The van der Waals surface area contributed by atoms with Gasteiger partial charge in [0.1, 0.15) is 0 Å². The molecule has 1 atom stereocenters. The lowest BCUT2D eigenvalue weighted by Gasteiger charge is -2.31. The van der Waals surface area contributed by atoms with Crippen molar-refractivity contribution in [2.75, 3.05) is 38.6 Å². The molecule has 1 fully saturated rings. The molecule has 0 radical (unpaired) electrons. The average molecular weight is 347 g/mol. The van der Waals surface area contributed by atoms with Crippen molar-refractivity contribution in [3.8, 4) is 0 Å². The molecule has 0 saturated carbocycles. The molecule has 6 heteroatoms. The molecule has 6 nitrogen and oxygen atoms in total. The number of carbonyl (C=O) groups is 2. The Balaban J connectivity index is 1.89. The Morgan fingerprint density at radius 3 is 2.52 bits per heavy atom. The van der Waals surface area contributed by atoms with Gasteiger partial charge < -0.3 is 19.9 Å². The van der Waals surface area contributed by atoms with E-state index in [4.69, 9.17) is 4.74 Å². The summed E-state index contributed by atoms with van der Waals surface area (Å²) in [5.41, 5.74) is 1.69. The maximum absolute atomic E-state index is 12.4. The number of rotatable bonds is 6. The van der Waals surface area contributed by atoms with Crippen molar-refractivity contribution < 1.29 is 14.3 Å². The summed E-state index contributed by atoms with van der Waals surface area (Å²) in [4.78, 5) is 28.1. The molecule has 1 aliphatic rings. The summed E-state index contributed by atoms with van der Waals surface area (Å²) in [7, 11) is 1.68. The Morgan fingerprint density at radius 2 is 1.92 bits per heavy atom. The second-order valence-electron chi connectivity index (χ2n) is 6.32. The Hall–Kier alpha value is -2.08. The Kier molecular flexibility index (Phi) is 7.25. The van der Waals surface area contributed by atoms with Crippen LogP contribution in [-0.2, 0) is 16.0 Å². The molecule has 1 aromatic carbocycles. The van der Waals surface area contributed by atoms with Crippen molar-refractivity contribution in [2.45, 2.75) is 39.2 Å². The number of nitrogens with zero attached hydrogens (tertiary/aromatic N) is 2. The number of amides is 3. The highest BCUT2D eigenvalue weighted by Gasteiger charge is 2.23. The van der Waals surface area contributed by atoms with Gasteiger partial charge in [0.15, 0.2) is 0 Å². The summed E-state index contributed by atoms with van der Waals surface area (Å²) in [6, 6.07) is 7.38. The smallest absolute Gasteiger partial charge is 0.321 e. The van der Waals surface area contributed by atoms with Crippen LogP contribution in [0.5, 0.6) is 0 Å². The van der Waals surface area contributed by atoms with E-state index in [0.29, 0.717) is 13.0 Å². The lowest BCUT2D eigenvalue weighted by atomic mass is 10.1. The largest absolute Gasteiger partial charge is 0.380 e. The zero-order valence-corrected chi connectivity index (χ0v) is 15.5. The number of urea groups is 1. The van der Waals surface area contributed by atoms with Crippen LogP contribution < -0.4 is 5.32 Å². The van der Waals surface area contributed by atoms with Gasteiger partial charge in [-0.1, -0.05) is 12.1 Å². The number of carbonyl (C=O) groups excluding carboxylic acids is 2. The van der Waals surface area contributed by atoms with Crippen LogP contribution in [0.3, 0.4) is 0 Å². The van der Waals surface area contributed by atoms with E-state index < -0.39 is 0 Å². The van der Waals surface area contributed by atoms with E-state index in [1.807, 2.05) is 43.0 Å². The summed E-state index contributed by atoms with van der Waals surface area (Å²) < 4.78 is 5.35. The van der Waals surface area contributed by atoms with Crippen LogP contribution in [0.25, 0.3) is 0 Å². The molecule has 2 rings (SSSR count). The monoisotopic (exact) mass is 347 g/mol. The molecular weight excluding hydrogens is 318 g/mol. The molecule has 138 valence electrons. The standard InChI is InChI=1S/C19H29N3O3/c1-4-21(5-2)18(23)13-15-8-10-16(11-9-15)20-19(24)22-12-6-7-17(14-22)25-3/h8-11,17H,4-7,12-14H2,1-3H3,(H,20,24). The fraction of sp³-hybridized carbons (Fsp3) is 0.579. The zero-order chi connectivity index (χ0) is 18.2. The highest BCUT2D eigenvalue weighted by Crippen LogP contribution is 2.16. The molecule has 1 unspecified atom stereocenters. The summed E-state index contributed by atoms with van der Waals surface area (Å²) in [6.45, 7) is 6.79. The van der Waals surface area contributed by atoms with Crippen LogP contribution in [0.4, 0.5) is 10.5 Å². The lowest BCUT2D eigenvalue weighted by Crippen LogP contribution is -2.44. The van der Waals surface area contributed by atoms with Crippen molar-refractivity contribution >= 4 is 17.6 Å². The lowest BCUT2D eigenvalue weighted by molar-refractivity contribution is -0.130. The minimum Gasteiger partial charge on any atom is -0.380 e. The Morgan fingerprint density at radius 1 is 1.24 bits per heavy atom. The molecule has 0 spiro atoms. The molecule has 3 amide bonds. The third kappa shape index (κ3) is 5.46. The molecular formula is C19H29N3O3. The van der Waals surface area contributed by atoms with Crippen LogP contribution >= 0.6 is 0 Å². The number of piperidine rings is 1. The predicted octanol–water partition coefficient (Wildman–Crippen LogP) is 2.74. The van der Waals surface area contributed by atoms with E-state index in [0.717, 1.165) is 43.7 Å². The number of nitrogens with one attached hydrogen (secondary N) is 1. The summed E-state index contributed by atoms with van der Waals surface area (Å²) in [6.07, 6.45) is 2.46. The van der Waals surface area contributed by atoms with E-state index in [2.05, 4.69) is 5.32 Å². The summed E-state index contributed by atoms with van der Waals surface area (Å²) >= 11 is 0. The molecule has 1 heterocycles. The molecule has 1 saturated heterocycles. The van der Waals surface area contributed by atoms with Crippen molar-refractivity contribution in [1.29, 1.82) is 0 Å². The first-order chi connectivity index (χ1) is 12.1. The van der Waals surface area contributed by atoms with Crippen LogP contribution in [0.1, 0.15) is 32.3 Å². The molecule has 0 aliphatic carbocycles. The third-order valence-electron chi connectivity index (χ3n) is 4.68. The van der Waals surface area contributed by atoms with E-state index in [-0.39, 0.29) is 18.0 Å². The number of benzene rings is 1. The van der Waals surface area contributed by atoms with Crippen LogP contribution in [-0.4, -0.2) is 61.1 Å². The maximum atomic E-state index is 12.4. The topological polar surface area (TPSA) is 61.9 Å². The first-order valence-electron chi connectivity index (χ1n) is 9.02. The summed E-state index contributed by atoms with van der Waals surface area (Å²) in [5.74, 6) is 0.126. The SMILES string of the molecule is CCN(CC)C(=O)Cc1ccc(NC(=O)N2CCCC(OC)C2)cc1. The van der Waals surface area contributed by atoms with Crippen LogP contribution in [0, 0.1) is 0 Å². The minimum absolute atomic E-state index is 0.103. The second kappa shape index (κ2) is 9.42. The number of ether oxygens (including phenoxy) is 1. The Labute approximate surface area is 150 Å². The van der Waals surface area contributed by atoms with Gasteiger partial charge in [0.2, 0.25) is 5.91 Å². The number of hydrogen-bond acceptors (Lipinski definition) is 3. The van der Waals surface area contributed by atoms with E-state index in [9.17, 15) is 9.59 Å². The minimum atomic E-state index is -0.103. The van der Waals surface area contributed by atoms with Gasteiger partial charge in [-0.15, -0.1) is 0 Å². The molecule has 0 bridgehead atoms. The van der Waals surface area contributed by atoms with Crippen molar-refractivity contribution in [2.24, 2.45) is 0 Å². The molecule has 1 N–H and O–H groups in total. The van der Waals surface area contributed by atoms with E-state index in [1.165, 1.54) is 0 Å². The Bertz CT molecular complexity index is 570. The molecule has 25 heavy (non-hydrogen) atoms. The molecule has 0 aromatic heterocycles. The van der Waals surface area contributed by atoms with E-state index in [1.54, 1.807) is 12.0 Å². The number of likely N-dealkylation sites (N-methyl/N-ethyl adjacent to an activating group) is 1. The van der Waals surface area contributed by atoms with Gasteiger partial charge in [0.25, 0.3) is 0 Å². The summed E-state index contributed by atoms with van der Waals surface area (Å²) in [5, 5.41) is 2.92. The van der Waals surface area contributed by atoms with Gasteiger partial charge in [-0.25, -0.2) is 4.79 Å². The highest BCUT2D eigenvalue weighted by atomic mass is 16.5. The van der Waals surface area contributed by atoms with Gasteiger partial charge in [-0.3, -0.25) is 4.79 Å². The third-order valence-corrected chi connectivity index (χ3v) is 4.68. The predicted molar refractivity (Wildman–Crippen MR) is 98.7 cm³/mol. The first kappa shape index (κ1) is 19.2. The van der Waals surface area contributed by atoms with Gasteiger partial charge in [-0.2, -0.15) is 0 Å². The van der Waals surface area contributed by atoms with E-state index >= 15 is 0 Å². The molecule has 1 aromatic rings. The quantitative estimate of drug-likeness (QED) is 0.861. The number of anilines is 1. The normalized spacial score (nSPS) is 17.2. The number of likely N-dealkylation sites (tertiary alicyclic amines) is 1.